The van der Waals surface area contributed by atoms with Crippen LogP contribution in [-0.4, -0.2) is 11.9 Å². The summed E-state index contributed by atoms with van der Waals surface area (Å²) in [7, 11) is 0. The van der Waals surface area contributed by atoms with Crippen molar-refractivity contribution in [3.05, 3.63) is 35.4 Å². The van der Waals surface area contributed by atoms with Crippen LogP contribution < -0.4 is 11.1 Å². The zero-order valence-corrected chi connectivity index (χ0v) is 11.0. The Hall–Kier alpha value is -1.86. The van der Waals surface area contributed by atoms with Crippen molar-refractivity contribution in [3.63, 3.8) is 0 Å². The lowest BCUT2D eigenvalue weighted by Crippen LogP contribution is -2.45. The fourth-order valence-electron chi connectivity index (χ4n) is 1.82. The second kappa shape index (κ2) is 6.18. The lowest BCUT2D eigenvalue weighted by Gasteiger charge is -2.24. The summed E-state index contributed by atoms with van der Waals surface area (Å²) in [6.45, 7) is 5.88. The number of carbonyl (C=O) groups is 1. The highest BCUT2D eigenvalue weighted by molar-refractivity contribution is 5.80. The number of nitrogens with two attached hydrogens (primary N) is 1. The van der Waals surface area contributed by atoms with Gasteiger partial charge < -0.3 is 5.73 Å². The van der Waals surface area contributed by atoms with Crippen LogP contribution in [0, 0.1) is 17.2 Å². The van der Waals surface area contributed by atoms with E-state index in [9.17, 15) is 4.79 Å². The highest BCUT2D eigenvalue weighted by Crippen LogP contribution is 2.15. The van der Waals surface area contributed by atoms with E-state index in [1.165, 1.54) is 0 Å². The normalized spacial score (nSPS) is 13.9. The molecule has 1 rings (SSSR count). The molecule has 0 fully saturated rings. The van der Waals surface area contributed by atoms with Crippen molar-refractivity contribution in [2.45, 2.75) is 32.9 Å². The van der Waals surface area contributed by atoms with E-state index in [0.717, 1.165) is 5.56 Å². The Morgan fingerprint density at radius 2 is 1.83 bits per heavy atom. The highest BCUT2D eigenvalue weighted by atomic mass is 16.1. The van der Waals surface area contributed by atoms with Gasteiger partial charge in [0.2, 0.25) is 5.91 Å². The van der Waals surface area contributed by atoms with E-state index < -0.39 is 0 Å². The Morgan fingerprint density at radius 3 is 2.22 bits per heavy atom. The van der Waals surface area contributed by atoms with Gasteiger partial charge in [-0.2, -0.15) is 5.26 Å². The van der Waals surface area contributed by atoms with Gasteiger partial charge in [-0.1, -0.05) is 26.0 Å². The number of primary amides is 1. The largest absolute Gasteiger partial charge is 0.368 e. The molecule has 0 radical (unpaired) electrons. The maximum absolute atomic E-state index is 11.3. The average Bonchev–Trinajstić information content (AvgIpc) is 2.35. The Kier molecular flexibility index (Phi) is 4.87. The molecule has 0 aromatic heterocycles. The third-order valence-corrected chi connectivity index (χ3v) is 2.94. The lowest BCUT2D eigenvalue weighted by atomic mass is 10.00. The van der Waals surface area contributed by atoms with Crippen LogP contribution in [0.1, 0.15) is 37.9 Å². The highest BCUT2D eigenvalue weighted by Gasteiger charge is 2.21. The zero-order valence-electron chi connectivity index (χ0n) is 11.0. The van der Waals surface area contributed by atoms with Crippen LogP contribution in [0.25, 0.3) is 0 Å². The molecule has 0 bridgehead atoms. The number of nitriles is 1. The fourth-order valence-corrected chi connectivity index (χ4v) is 1.82. The number of carbonyl (C=O) groups excluding carboxylic acids is 1. The molecule has 0 heterocycles. The predicted molar refractivity (Wildman–Crippen MR) is 70.5 cm³/mol. The fraction of sp³-hybridized carbons (Fsp3) is 0.429. The molecule has 2 unspecified atom stereocenters. The van der Waals surface area contributed by atoms with Crippen LogP contribution in [0.3, 0.4) is 0 Å². The third-order valence-electron chi connectivity index (χ3n) is 2.94. The summed E-state index contributed by atoms with van der Waals surface area (Å²) >= 11 is 0. The van der Waals surface area contributed by atoms with E-state index >= 15 is 0 Å². The minimum atomic E-state index is -0.351. The summed E-state index contributed by atoms with van der Waals surface area (Å²) in [6, 6.07) is 9.04. The molecule has 3 N–H and O–H groups in total. The summed E-state index contributed by atoms with van der Waals surface area (Å²) in [4.78, 5) is 11.3. The molecular weight excluding hydrogens is 226 g/mol. The molecule has 0 saturated carbocycles. The maximum atomic E-state index is 11.3. The summed E-state index contributed by atoms with van der Waals surface area (Å²) in [5, 5.41) is 11.9. The van der Waals surface area contributed by atoms with Gasteiger partial charge in [0.25, 0.3) is 0 Å². The molecule has 0 saturated heterocycles. The molecule has 4 nitrogen and oxygen atoms in total. The number of benzene rings is 1. The van der Waals surface area contributed by atoms with Gasteiger partial charge in [0.1, 0.15) is 0 Å². The van der Waals surface area contributed by atoms with Crippen molar-refractivity contribution in [2.24, 2.45) is 11.7 Å². The number of nitrogens with one attached hydrogen (secondary N) is 1. The number of hydrogen-bond acceptors (Lipinski definition) is 3. The summed E-state index contributed by atoms with van der Waals surface area (Å²) in [6.07, 6.45) is 0. The van der Waals surface area contributed by atoms with Gasteiger partial charge in [-0.25, -0.2) is 0 Å². The first-order chi connectivity index (χ1) is 8.45. The van der Waals surface area contributed by atoms with E-state index in [0.29, 0.717) is 5.56 Å². The molecule has 18 heavy (non-hydrogen) atoms. The lowest BCUT2D eigenvalue weighted by molar-refractivity contribution is -0.121. The molecule has 4 heteroatoms. The molecule has 1 amide bonds. The van der Waals surface area contributed by atoms with Crippen molar-refractivity contribution < 1.29 is 4.79 Å². The van der Waals surface area contributed by atoms with Crippen molar-refractivity contribution in [2.75, 3.05) is 0 Å². The molecule has 96 valence electrons. The number of rotatable bonds is 5. The van der Waals surface area contributed by atoms with Gasteiger partial charge in [-0.15, -0.1) is 0 Å². The van der Waals surface area contributed by atoms with E-state index in [-0.39, 0.29) is 23.9 Å². The van der Waals surface area contributed by atoms with Crippen molar-refractivity contribution in [3.8, 4) is 6.07 Å². The smallest absolute Gasteiger partial charge is 0.234 e. The Bertz CT molecular complexity index is 445. The van der Waals surface area contributed by atoms with Crippen molar-refractivity contribution in [1.29, 1.82) is 5.26 Å². The first-order valence-corrected chi connectivity index (χ1v) is 6.01. The van der Waals surface area contributed by atoms with Crippen molar-refractivity contribution in [1.82, 2.24) is 5.32 Å². The van der Waals surface area contributed by atoms with Gasteiger partial charge in [0.05, 0.1) is 17.7 Å². The number of amides is 1. The van der Waals surface area contributed by atoms with E-state index in [1.807, 2.05) is 32.9 Å². The predicted octanol–water partition coefficient (Wildman–Crippen LogP) is 1.72. The van der Waals surface area contributed by atoms with Crippen LogP contribution in [0.4, 0.5) is 0 Å². The van der Waals surface area contributed by atoms with Crippen molar-refractivity contribution >= 4 is 5.91 Å². The molecular formula is C14H19N3O. The van der Waals surface area contributed by atoms with Gasteiger partial charge in [-0.05, 0) is 30.5 Å². The molecule has 1 aromatic carbocycles. The quantitative estimate of drug-likeness (QED) is 0.829. The van der Waals surface area contributed by atoms with Crippen LogP contribution in [-0.2, 0) is 4.79 Å². The average molecular weight is 245 g/mol. The van der Waals surface area contributed by atoms with Gasteiger partial charge in [0, 0.05) is 6.04 Å². The molecule has 0 aliphatic carbocycles. The third kappa shape index (κ3) is 3.57. The standard InChI is InChI=1S/C14H19N3O/c1-9(2)13(14(16)18)17-10(3)12-6-4-11(8-15)5-7-12/h4-7,9-10,13,17H,1-3H3,(H2,16,18). The van der Waals surface area contributed by atoms with Crippen LogP contribution in [0.15, 0.2) is 24.3 Å². The maximum Gasteiger partial charge on any atom is 0.234 e. The summed E-state index contributed by atoms with van der Waals surface area (Å²) < 4.78 is 0. The monoisotopic (exact) mass is 245 g/mol. The van der Waals surface area contributed by atoms with Gasteiger partial charge in [-0.3, -0.25) is 10.1 Å². The minimum absolute atomic E-state index is 0.0117. The molecule has 0 aliphatic heterocycles. The second-order valence-electron chi connectivity index (χ2n) is 4.75. The minimum Gasteiger partial charge on any atom is -0.368 e. The molecule has 1 aromatic rings. The summed E-state index contributed by atoms with van der Waals surface area (Å²) in [5.41, 5.74) is 7.02. The van der Waals surface area contributed by atoms with Gasteiger partial charge >= 0.3 is 0 Å². The summed E-state index contributed by atoms with van der Waals surface area (Å²) in [5.74, 6) is -0.200. The van der Waals surface area contributed by atoms with Gasteiger partial charge in [0.15, 0.2) is 0 Å². The van der Waals surface area contributed by atoms with Crippen LogP contribution in [0.5, 0.6) is 0 Å². The second-order valence-corrected chi connectivity index (χ2v) is 4.75. The van der Waals surface area contributed by atoms with Crippen LogP contribution in [0.2, 0.25) is 0 Å². The Balaban J connectivity index is 2.77. The Morgan fingerprint density at radius 1 is 1.28 bits per heavy atom. The first-order valence-electron chi connectivity index (χ1n) is 6.01. The number of hydrogen-bond donors (Lipinski definition) is 2. The molecule has 0 spiro atoms. The topological polar surface area (TPSA) is 78.9 Å². The molecule has 0 aliphatic rings. The molecule has 2 atom stereocenters. The SMILES string of the molecule is CC(NC(C(N)=O)C(C)C)c1ccc(C#N)cc1. The van der Waals surface area contributed by atoms with E-state index in [4.69, 9.17) is 11.0 Å². The van der Waals surface area contributed by atoms with E-state index in [2.05, 4.69) is 11.4 Å². The zero-order chi connectivity index (χ0) is 13.7. The van der Waals surface area contributed by atoms with E-state index in [1.54, 1.807) is 12.1 Å². The van der Waals surface area contributed by atoms with Crippen LogP contribution >= 0.6 is 0 Å². The number of nitrogens with zero attached hydrogens (tertiary/aromatic N) is 1. The Labute approximate surface area is 108 Å². The first kappa shape index (κ1) is 14.2.